The van der Waals surface area contributed by atoms with Gasteiger partial charge in [-0.25, -0.2) is 0 Å². The first-order valence-corrected chi connectivity index (χ1v) is 6.08. The molecule has 2 fully saturated rings. The Morgan fingerprint density at radius 1 is 1.50 bits per heavy atom. The summed E-state index contributed by atoms with van der Waals surface area (Å²) in [6.45, 7) is 3.19. The minimum Gasteiger partial charge on any atom is -0.378 e. The smallest absolute Gasteiger partial charge is 0.249 e. The number of hydrogen-bond donors (Lipinski definition) is 2. The predicted molar refractivity (Wildman–Crippen MR) is 61.6 cm³/mol. The van der Waals surface area contributed by atoms with Crippen LogP contribution in [0.3, 0.4) is 0 Å². The number of nitrogens with zero attached hydrogens (tertiary/aromatic N) is 1. The van der Waals surface area contributed by atoms with E-state index in [9.17, 15) is 14.4 Å². The van der Waals surface area contributed by atoms with E-state index in [0.717, 1.165) is 0 Å². The lowest BCUT2D eigenvalue weighted by molar-refractivity contribution is -0.152. The molecule has 2 N–H and O–H groups in total. The van der Waals surface area contributed by atoms with Gasteiger partial charge in [0.05, 0.1) is 13.2 Å². The van der Waals surface area contributed by atoms with Crippen molar-refractivity contribution in [2.24, 2.45) is 0 Å². The average Bonchev–Trinajstić information content (AvgIpc) is 2.38. The van der Waals surface area contributed by atoms with Gasteiger partial charge < -0.3 is 15.0 Å². The summed E-state index contributed by atoms with van der Waals surface area (Å²) >= 11 is 0. The molecule has 0 spiro atoms. The van der Waals surface area contributed by atoms with Crippen LogP contribution in [0.1, 0.15) is 13.3 Å². The number of carbonyl (C=O) groups is 3. The lowest BCUT2D eigenvalue weighted by Gasteiger charge is -2.36. The van der Waals surface area contributed by atoms with Gasteiger partial charge in [0.2, 0.25) is 17.7 Å². The summed E-state index contributed by atoms with van der Waals surface area (Å²) in [5.74, 6) is -1.08. The van der Waals surface area contributed by atoms with Crippen LogP contribution in [0.5, 0.6) is 0 Å². The number of piperazine rings is 1. The van der Waals surface area contributed by atoms with Gasteiger partial charge in [-0.15, -0.1) is 0 Å². The molecule has 0 aromatic carbocycles. The zero-order valence-electron chi connectivity index (χ0n) is 10.3. The maximum atomic E-state index is 12.3. The molecular formula is C11H17N3O4. The summed E-state index contributed by atoms with van der Waals surface area (Å²) in [4.78, 5) is 36.6. The molecule has 2 saturated heterocycles. The van der Waals surface area contributed by atoms with Crippen molar-refractivity contribution in [2.45, 2.75) is 25.4 Å². The molecule has 7 heteroatoms. The minimum absolute atomic E-state index is 0.0682. The lowest BCUT2D eigenvalue weighted by Crippen LogP contribution is -2.63. The number of amides is 3. The van der Waals surface area contributed by atoms with Crippen LogP contribution < -0.4 is 10.6 Å². The highest BCUT2D eigenvalue weighted by molar-refractivity contribution is 6.04. The summed E-state index contributed by atoms with van der Waals surface area (Å²) in [6, 6.07) is -1.04. The van der Waals surface area contributed by atoms with E-state index in [1.165, 1.54) is 4.90 Å². The number of imide groups is 1. The second-order valence-electron chi connectivity index (χ2n) is 4.38. The van der Waals surface area contributed by atoms with Crippen molar-refractivity contribution in [1.82, 2.24) is 15.5 Å². The van der Waals surface area contributed by atoms with Crippen molar-refractivity contribution < 1.29 is 19.1 Å². The summed E-state index contributed by atoms with van der Waals surface area (Å²) in [6.07, 6.45) is 0.485. The molecular weight excluding hydrogens is 238 g/mol. The van der Waals surface area contributed by atoms with Crippen molar-refractivity contribution >= 4 is 17.7 Å². The van der Waals surface area contributed by atoms with E-state index in [1.54, 1.807) is 0 Å². The fraction of sp³-hybridized carbons (Fsp3) is 0.727. The summed E-state index contributed by atoms with van der Waals surface area (Å²) < 4.78 is 5.22. The van der Waals surface area contributed by atoms with E-state index >= 15 is 0 Å². The first kappa shape index (κ1) is 13.0. The van der Waals surface area contributed by atoms with Gasteiger partial charge in [0.15, 0.2) is 0 Å². The van der Waals surface area contributed by atoms with Crippen molar-refractivity contribution in [2.75, 3.05) is 26.3 Å². The van der Waals surface area contributed by atoms with Gasteiger partial charge in [0, 0.05) is 6.54 Å². The van der Waals surface area contributed by atoms with Gasteiger partial charge in [0.25, 0.3) is 0 Å². The number of ether oxygens (including phenoxy) is 1. The fourth-order valence-electron chi connectivity index (χ4n) is 2.23. The fourth-order valence-corrected chi connectivity index (χ4v) is 2.23. The van der Waals surface area contributed by atoms with Crippen LogP contribution in [0, 0.1) is 0 Å². The molecule has 2 rings (SSSR count). The molecule has 2 aliphatic rings. The van der Waals surface area contributed by atoms with Gasteiger partial charge in [-0.3, -0.25) is 19.7 Å². The molecule has 3 amide bonds. The largest absolute Gasteiger partial charge is 0.378 e. The normalized spacial score (nSPS) is 29.1. The standard InChI is InChI=1S/C11H17N3O4/c1-2-8-10(16)13-9(15)5-14(8)11(17)7-6-18-4-3-12-7/h7-8,12H,2-6H2,1H3,(H,13,15,16). The van der Waals surface area contributed by atoms with E-state index in [-0.39, 0.29) is 19.1 Å². The van der Waals surface area contributed by atoms with Crippen LogP contribution in [0.2, 0.25) is 0 Å². The Kier molecular flexibility index (Phi) is 3.93. The molecule has 100 valence electrons. The predicted octanol–water partition coefficient (Wildman–Crippen LogP) is -1.76. The highest BCUT2D eigenvalue weighted by Gasteiger charge is 2.38. The van der Waals surface area contributed by atoms with Gasteiger partial charge in [-0.2, -0.15) is 0 Å². The minimum atomic E-state index is -0.570. The Morgan fingerprint density at radius 2 is 2.28 bits per heavy atom. The Morgan fingerprint density at radius 3 is 2.89 bits per heavy atom. The molecule has 7 nitrogen and oxygen atoms in total. The third-order valence-electron chi connectivity index (χ3n) is 3.14. The maximum Gasteiger partial charge on any atom is 0.249 e. The molecule has 0 aromatic rings. The lowest BCUT2D eigenvalue weighted by atomic mass is 10.1. The monoisotopic (exact) mass is 255 g/mol. The van der Waals surface area contributed by atoms with E-state index < -0.39 is 23.9 Å². The molecule has 2 atom stereocenters. The molecule has 2 heterocycles. The molecule has 2 unspecified atom stereocenters. The van der Waals surface area contributed by atoms with Crippen molar-refractivity contribution in [3.05, 3.63) is 0 Å². The number of nitrogens with one attached hydrogen (secondary N) is 2. The molecule has 0 radical (unpaired) electrons. The summed E-state index contributed by atoms with van der Waals surface area (Å²) in [5, 5.41) is 5.28. The quantitative estimate of drug-likeness (QED) is 0.571. The van der Waals surface area contributed by atoms with Gasteiger partial charge >= 0.3 is 0 Å². The van der Waals surface area contributed by atoms with Crippen molar-refractivity contribution in [3.8, 4) is 0 Å². The highest BCUT2D eigenvalue weighted by Crippen LogP contribution is 2.12. The highest BCUT2D eigenvalue weighted by atomic mass is 16.5. The SMILES string of the molecule is CCC1C(=O)NC(=O)CN1C(=O)C1COCCN1. The Hall–Kier alpha value is -1.47. The molecule has 18 heavy (non-hydrogen) atoms. The second-order valence-corrected chi connectivity index (χ2v) is 4.38. The van der Waals surface area contributed by atoms with Crippen LogP contribution in [0.4, 0.5) is 0 Å². The van der Waals surface area contributed by atoms with Gasteiger partial charge in [-0.05, 0) is 6.42 Å². The topological polar surface area (TPSA) is 87.7 Å². The molecule has 0 aromatic heterocycles. The van der Waals surface area contributed by atoms with Crippen LogP contribution in [-0.2, 0) is 19.1 Å². The van der Waals surface area contributed by atoms with Crippen LogP contribution in [0.15, 0.2) is 0 Å². The zero-order chi connectivity index (χ0) is 13.1. The average molecular weight is 255 g/mol. The van der Waals surface area contributed by atoms with Gasteiger partial charge in [0.1, 0.15) is 18.6 Å². The van der Waals surface area contributed by atoms with E-state index in [2.05, 4.69) is 10.6 Å². The molecule has 0 aliphatic carbocycles. The van der Waals surface area contributed by atoms with Gasteiger partial charge in [-0.1, -0.05) is 6.92 Å². The van der Waals surface area contributed by atoms with Crippen molar-refractivity contribution in [1.29, 1.82) is 0 Å². The summed E-state index contributed by atoms with van der Waals surface area (Å²) in [7, 11) is 0. The number of morpholine rings is 1. The second kappa shape index (κ2) is 5.45. The zero-order valence-corrected chi connectivity index (χ0v) is 10.3. The first-order chi connectivity index (χ1) is 8.63. The third kappa shape index (κ3) is 2.51. The molecule has 2 aliphatic heterocycles. The van der Waals surface area contributed by atoms with Crippen LogP contribution >= 0.6 is 0 Å². The summed E-state index contributed by atoms with van der Waals surface area (Å²) in [5.41, 5.74) is 0. The van der Waals surface area contributed by atoms with E-state index in [1.807, 2.05) is 6.92 Å². The first-order valence-electron chi connectivity index (χ1n) is 6.08. The molecule has 0 saturated carbocycles. The van der Waals surface area contributed by atoms with Crippen LogP contribution in [0.25, 0.3) is 0 Å². The van der Waals surface area contributed by atoms with E-state index in [0.29, 0.717) is 19.6 Å². The maximum absolute atomic E-state index is 12.3. The Labute approximate surface area is 105 Å². The number of hydrogen-bond acceptors (Lipinski definition) is 5. The molecule has 0 bridgehead atoms. The number of carbonyl (C=O) groups excluding carboxylic acids is 3. The number of rotatable bonds is 2. The Balaban J connectivity index is 2.10. The third-order valence-corrected chi connectivity index (χ3v) is 3.14. The Bertz CT molecular complexity index is 365. The van der Waals surface area contributed by atoms with E-state index in [4.69, 9.17) is 4.74 Å². The van der Waals surface area contributed by atoms with Crippen LogP contribution in [-0.4, -0.2) is 61.0 Å². The van der Waals surface area contributed by atoms with Crippen molar-refractivity contribution in [3.63, 3.8) is 0 Å².